The molecule has 1 aliphatic rings. The lowest BCUT2D eigenvalue weighted by molar-refractivity contribution is 0.244. The fourth-order valence-electron chi connectivity index (χ4n) is 2.52. The molecule has 0 radical (unpaired) electrons. The molecule has 2 N–H and O–H groups in total. The van der Waals surface area contributed by atoms with Gasteiger partial charge in [0.05, 0.1) is 10.2 Å². The Balaban J connectivity index is 1.64. The Kier molecular flexibility index (Phi) is 4.08. The molecular formula is C14H16ClN3OS. The molecule has 1 fully saturated rings. The first kappa shape index (κ1) is 13.6. The molecule has 0 bridgehead atoms. The summed E-state index contributed by atoms with van der Waals surface area (Å²) in [6.07, 6.45) is 5.82. The molecule has 1 heterocycles. The summed E-state index contributed by atoms with van der Waals surface area (Å²) in [5, 5.41) is 7.11. The van der Waals surface area contributed by atoms with Gasteiger partial charge in [-0.15, -0.1) is 0 Å². The third kappa shape index (κ3) is 3.22. The van der Waals surface area contributed by atoms with Crippen LogP contribution in [0.15, 0.2) is 18.2 Å². The molecule has 106 valence electrons. The minimum atomic E-state index is -0.165. The van der Waals surface area contributed by atoms with Crippen LogP contribution >= 0.6 is 22.9 Å². The number of nitrogens with zero attached hydrogens (tertiary/aromatic N) is 1. The number of anilines is 1. The highest BCUT2D eigenvalue weighted by atomic mass is 35.5. The monoisotopic (exact) mass is 309 g/mol. The van der Waals surface area contributed by atoms with Crippen LogP contribution in [0, 0.1) is 0 Å². The van der Waals surface area contributed by atoms with Crippen LogP contribution in [0.3, 0.4) is 0 Å². The number of urea groups is 1. The predicted molar refractivity (Wildman–Crippen MR) is 83.7 cm³/mol. The van der Waals surface area contributed by atoms with Crippen molar-refractivity contribution in [3.05, 3.63) is 23.2 Å². The smallest absolute Gasteiger partial charge is 0.321 e. The summed E-state index contributed by atoms with van der Waals surface area (Å²) >= 11 is 7.38. The normalized spacial score (nSPS) is 16.2. The number of amides is 2. The molecule has 1 aromatic carbocycles. The number of hydrogen-bond acceptors (Lipinski definition) is 3. The third-order valence-corrected chi connectivity index (χ3v) is 4.68. The number of thiazole rings is 1. The van der Waals surface area contributed by atoms with Crippen molar-refractivity contribution in [1.82, 2.24) is 10.3 Å². The molecule has 0 unspecified atom stereocenters. The standard InChI is InChI=1S/C14H16ClN3OS/c15-9-6-7-11-12(8-9)20-14(17-11)18-13(19)16-10-4-2-1-3-5-10/h6-8,10H,1-5H2,(H2,16,17,18,19). The summed E-state index contributed by atoms with van der Waals surface area (Å²) in [5.41, 5.74) is 0.854. The molecule has 0 saturated heterocycles. The number of halogens is 1. The van der Waals surface area contributed by atoms with Gasteiger partial charge in [0.25, 0.3) is 0 Å². The number of rotatable bonds is 2. The van der Waals surface area contributed by atoms with Gasteiger partial charge in [0.1, 0.15) is 0 Å². The van der Waals surface area contributed by atoms with Crippen molar-refractivity contribution in [2.45, 2.75) is 38.1 Å². The van der Waals surface area contributed by atoms with Gasteiger partial charge < -0.3 is 5.32 Å². The highest BCUT2D eigenvalue weighted by Gasteiger charge is 2.16. The number of fused-ring (bicyclic) bond motifs is 1. The van der Waals surface area contributed by atoms with E-state index in [0.29, 0.717) is 16.2 Å². The molecule has 0 atom stereocenters. The highest BCUT2D eigenvalue weighted by Crippen LogP contribution is 2.28. The average Bonchev–Trinajstić information content (AvgIpc) is 2.80. The molecule has 1 aromatic heterocycles. The van der Waals surface area contributed by atoms with Crippen LogP contribution in [-0.4, -0.2) is 17.1 Å². The maximum absolute atomic E-state index is 11.9. The fourth-order valence-corrected chi connectivity index (χ4v) is 3.65. The van der Waals surface area contributed by atoms with Gasteiger partial charge in [0.15, 0.2) is 5.13 Å². The van der Waals surface area contributed by atoms with E-state index in [2.05, 4.69) is 15.6 Å². The molecule has 4 nitrogen and oxygen atoms in total. The van der Waals surface area contributed by atoms with Crippen molar-refractivity contribution in [3.63, 3.8) is 0 Å². The average molecular weight is 310 g/mol. The second-order valence-corrected chi connectivity index (χ2v) is 6.53. The lowest BCUT2D eigenvalue weighted by Gasteiger charge is -2.22. The summed E-state index contributed by atoms with van der Waals surface area (Å²) in [4.78, 5) is 16.3. The van der Waals surface area contributed by atoms with E-state index >= 15 is 0 Å². The van der Waals surface area contributed by atoms with E-state index in [4.69, 9.17) is 11.6 Å². The second kappa shape index (κ2) is 5.97. The van der Waals surface area contributed by atoms with Gasteiger partial charge in [-0.2, -0.15) is 0 Å². The van der Waals surface area contributed by atoms with Crippen molar-refractivity contribution < 1.29 is 4.79 Å². The van der Waals surface area contributed by atoms with Crippen molar-refractivity contribution in [2.75, 3.05) is 5.32 Å². The first-order valence-corrected chi connectivity index (χ1v) is 8.04. The van der Waals surface area contributed by atoms with Crippen LogP contribution in [0.4, 0.5) is 9.93 Å². The summed E-state index contributed by atoms with van der Waals surface area (Å²) in [6, 6.07) is 5.65. The molecule has 2 amide bonds. The largest absolute Gasteiger partial charge is 0.335 e. The fraction of sp³-hybridized carbons (Fsp3) is 0.429. The van der Waals surface area contributed by atoms with Crippen molar-refractivity contribution in [1.29, 1.82) is 0 Å². The predicted octanol–water partition coefficient (Wildman–Crippen LogP) is 4.40. The molecular weight excluding hydrogens is 294 g/mol. The number of carbonyl (C=O) groups is 1. The van der Waals surface area contributed by atoms with E-state index in [1.54, 1.807) is 6.07 Å². The minimum absolute atomic E-state index is 0.165. The molecule has 0 aliphatic heterocycles. The summed E-state index contributed by atoms with van der Waals surface area (Å²) in [6.45, 7) is 0. The van der Waals surface area contributed by atoms with E-state index < -0.39 is 0 Å². The Morgan fingerprint density at radius 2 is 2.10 bits per heavy atom. The first-order valence-electron chi connectivity index (χ1n) is 6.84. The topological polar surface area (TPSA) is 54.0 Å². The van der Waals surface area contributed by atoms with E-state index in [1.807, 2.05) is 12.1 Å². The lowest BCUT2D eigenvalue weighted by atomic mass is 9.96. The van der Waals surface area contributed by atoms with Crippen molar-refractivity contribution in [3.8, 4) is 0 Å². The Morgan fingerprint density at radius 1 is 1.30 bits per heavy atom. The van der Waals surface area contributed by atoms with Gasteiger partial charge in [-0.05, 0) is 31.0 Å². The van der Waals surface area contributed by atoms with Crippen LogP contribution in [-0.2, 0) is 0 Å². The Bertz CT molecular complexity index is 622. The van der Waals surface area contributed by atoms with Gasteiger partial charge in [-0.25, -0.2) is 9.78 Å². The Labute approximate surface area is 126 Å². The van der Waals surface area contributed by atoms with E-state index in [9.17, 15) is 4.79 Å². The van der Waals surface area contributed by atoms with Crippen molar-refractivity contribution in [2.24, 2.45) is 0 Å². The molecule has 20 heavy (non-hydrogen) atoms. The van der Waals surface area contributed by atoms with Crippen LogP contribution in [0.25, 0.3) is 10.2 Å². The maximum Gasteiger partial charge on any atom is 0.321 e. The SMILES string of the molecule is O=C(Nc1nc2ccc(Cl)cc2s1)NC1CCCCC1. The van der Waals surface area contributed by atoms with E-state index in [1.165, 1.54) is 30.6 Å². The highest BCUT2D eigenvalue weighted by molar-refractivity contribution is 7.22. The molecule has 0 spiro atoms. The van der Waals surface area contributed by atoms with Gasteiger partial charge in [0, 0.05) is 11.1 Å². The van der Waals surface area contributed by atoms with E-state index in [0.717, 1.165) is 23.1 Å². The zero-order chi connectivity index (χ0) is 13.9. The number of benzene rings is 1. The molecule has 3 rings (SSSR count). The molecule has 1 saturated carbocycles. The first-order chi connectivity index (χ1) is 9.70. The summed E-state index contributed by atoms with van der Waals surface area (Å²) in [5.74, 6) is 0. The number of aromatic nitrogens is 1. The van der Waals surface area contributed by atoms with Gasteiger partial charge in [0.2, 0.25) is 0 Å². The molecule has 6 heteroatoms. The van der Waals surface area contributed by atoms with Crippen LogP contribution in [0.2, 0.25) is 5.02 Å². The second-order valence-electron chi connectivity index (χ2n) is 5.06. The Morgan fingerprint density at radius 3 is 2.90 bits per heavy atom. The van der Waals surface area contributed by atoms with Gasteiger partial charge in [-0.1, -0.05) is 42.2 Å². The number of nitrogens with one attached hydrogen (secondary N) is 2. The summed E-state index contributed by atoms with van der Waals surface area (Å²) < 4.78 is 0.977. The molecule has 1 aliphatic carbocycles. The minimum Gasteiger partial charge on any atom is -0.335 e. The van der Waals surface area contributed by atoms with Gasteiger partial charge in [-0.3, -0.25) is 5.32 Å². The zero-order valence-electron chi connectivity index (χ0n) is 11.0. The van der Waals surface area contributed by atoms with Crippen LogP contribution in [0.5, 0.6) is 0 Å². The number of hydrogen-bond donors (Lipinski definition) is 2. The quantitative estimate of drug-likeness (QED) is 0.863. The Hall–Kier alpha value is -1.33. The van der Waals surface area contributed by atoms with Gasteiger partial charge >= 0.3 is 6.03 Å². The van der Waals surface area contributed by atoms with Crippen LogP contribution < -0.4 is 10.6 Å². The summed E-state index contributed by atoms with van der Waals surface area (Å²) in [7, 11) is 0. The zero-order valence-corrected chi connectivity index (χ0v) is 12.6. The third-order valence-electron chi connectivity index (χ3n) is 3.51. The van der Waals surface area contributed by atoms with Crippen LogP contribution in [0.1, 0.15) is 32.1 Å². The van der Waals surface area contributed by atoms with E-state index in [-0.39, 0.29) is 6.03 Å². The number of carbonyl (C=O) groups excluding carboxylic acids is 1. The maximum atomic E-state index is 11.9. The molecule has 2 aromatic rings. The van der Waals surface area contributed by atoms with Crippen molar-refractivity contribution >= 4 is 44.3 Å². The lowest BCUT2D eigenvalue weighted by Crippen LogP contribution is -2.38.